The van der Waals surface area contributed by atoms with Crippen LogP contribution in [0, 0.1) is 12.8 Å². The van der Waals surface area contributed by atoms with Crippen LogP contribution in [0.4, 0.5) is 0 Å². The van der Waals surface area contributed by atoms with Gasteiger partial charge in [-0.05, 0) is 38.7 Å². The maximum atomic E-state index is 12.6. The highest BCUT2D eigenvalue weighted by Crippen LogP contribution is 2.22. The molecule has 0 aliphatic carbocycles. The van der Waals surface area contributed by atoms with Crippen LogP contribution in [0.1, 0.15) is 31.4 Å². The molecule has 1 aromatic rings. The van der Waals surface area contributed by atoms with E-state index in [0.717, 1.165) is 37.9 Å². The summed E-state index contributed by atoms with van der Waals surface area (Å²) in [5.41, 5.74) is 0.868. The number of piperidine rings is 1. The Morgan fingerprint density at radius 1 is 1.27 bits per heavy atom. The van der Waals surface area contributed by atoms with E-state index in [0.29, 0.717) is 25.6 Å². The molecule has 1 atom stereocenters. The molecule has 3 rings (SSSR count). The maximum absolute atomic E-state index is 12.6. The third kappa shape index (κ3) is 3.74. The number of hydrogen-bond acceptors (Lipinski definition) is 5. The summed E-state index contributed by atoms with van der Waals surface area (Å²) in [7, 11) is 0. The van der Waals surface area contributed by atoms with E-state index in [9.17, 15) is 4.79 Å². The van der Waals surface area contributed by atoms with Crippen LogP contribution in [0.15, 0.2) is 12.1 Å². The highest BCUT2D eigenvalue weighted by Gasteiger charge is 2.30. The average molecular weight is 305 g/mol. The minimum atomic E-state index is 0.00884. The Hall–Kier alpha value is -1.69. The fourth-order valence-electron chi connectivity index (χ4n) is 3.06. The summed E-state index contributed by atoms with van der Waals surface area (Å²) in [5, 5.41) is 8.04. The number of aryl methyl sites for hydroxylation is 1. The predicted molar refractivity (Wildman–Crippen MR) is 80.5 cm³/mol. The first-order chi connectivity index (χ1) is 10.7. The van der Waals surface area contributed by atoms with Gasteiger partial charge in [-0.3, -0.25) is 4.79 Å². The number of hydrogen-bond donors (Lipinski definition) is 0. The highest BCUT2D eigenvalue weighted by molar-refractivity contribution is 5.79. The molecule has 0 N–H and O–H groups in total. The second-order valence-electron chi connectivity index (χ2n) is 6.07. The Morgan fingerprint density at radius 2 is 2.09 bits per heavy atom. The van der Waals surface area contributed by atoms with Crippen LogP contribution in [0.3, 0.4) is 0 Å². The van der Waals surface area contributed by atoms with Crippen LogP contribution >= 0.6 is 0 Å². The van der Waals surface area contributed by atoms with Crippen molar-refractivity contribution in [1.82, 2.24) is 15.1 Å². The van der Waals surface area contributed by atoms with Crippen LogP contribution < -0.4 is 4.74 Å². The lowest BCUT2D eigenvalue weighted by Crippen LogP contribution is -2.47. The zero-order valence-corrected chi connectivity index (χ0v) is 13.0. The van der Waals surface area contributed by atoms with Crippen LogP contribution in [0.5, 0.6) is 5.88 Å². The van der Waals surface area contributed by atoms with Gasteiger partial charge in [0.1, 0.15) is 6.10 Å². The largest absolute Gasteiger partial charge is 0.471 e. The Labute approximate surface area is 130 Å². The second kappa shape index (κ2) is 7.05. The highest BCUT2D eigenvalue weighted by atomic mass is 16.5. The maximum Gasteiger partial charge on any atom is 0.233 e. The lowest BCUT2D eigenvalue weighted by Gasteiger charge is -2.35. The fourth-order valence-corrected chi connectivity index (χ4v) is 3.06. The molecular weight excluding hydrogens is 282 g/mol. The van der Waals surface area contributed by atoms with Gasteiger partial charge in [0.2, 0.25) is 11.8 Å². The van der Waals surface area contributed by atoms with E-state index in [-0.39, 0.29) is 17.9 Å². The number of carbonyl (C=O) groups excluding carboxylic acids is 1. The standard InChI is InChI=1S/C16H23N3O3/c1-12-4-5-15(18-17-12)22-14-3-2-8-19(11-14)16(20)13-6-9-21-10-7-13/h4-5,13-14H,2-3,6-11H2,1H3. The molecule has 1 unspecified atom stereocenters. The lowest BCUT2D eigenvalue weighted by molar-refractivity contribution is -0.141. The molecule has 1 aromatic heterocycles. The number of aromatic nitrogens is 2. The molecule has 2 aliphatic rings. The van der Waals surface area contributed by atoms with Crippen molar-refractivity contribution in [3.05, 3.63) is 17.8 Å². The normalized spacial score (nSPS) is 23.3. The van der Waals surface area contributed by atoms with Crippen LogP contribution in [0.25, 0.3) is 0 Å². The SMILES string of the molecule is Cc1ccc(OC2CCCN(C(=O)C3CCOCC3)C2)nn1. The van der Waals surface area contributed by atoms with E-state index in [1.54, 1.807) is 0 Å². The topological polar surface area (TPSA) is 64.5 Å². The van der Waals surface area contributed by atoms with Gasteiger partial charge in [0.05, 0.1) is 12.2 Å². The van der Waals surface area contributed by atoms with Gasteiger partial charge < -0.3 is 14.4 Å². The summed E-state index contributed by atoms with van der Waals surface area (Å²) in [5.74, 6) is 0.911. The molecule has 1 amide bonds. The minimum absolute atomic E-state index is 0.00884. The predicted octanol–water partition coefficient (Wildman–Crippen LogP) is 1.58. The molecular formula is C16H23N3O3. The monoisotopic (exact) mass is 305 g/mol. The van der Waals surface area contributed by atoms with Crippen LogP contribution in [-0.2, 0) is 9.53 Å². The Bertz CT molecular complexity index is 500. The van der Waals surface area contributed by atoms with Gasteiger partial charge in [-0.1, -0.05) is 0 Å². The van der Waals surface area contributed by atoms with Crippen molar-refractivity contribution >= 4 is 5.91 Å². The molecule has 0 spiro atoms. The zero-order chi connectivity index (χ0) is 15.4. The van der Waals surface area contributed by atoms with E-state index in [1.165, 1.54) is 0 Å². The van der Waals surface area contributed by atoms with Gasteiger partial charge in [-0.2, -0.15) is 5.10 Å². The Morgan fingerprint density at radius 3 is 2.82 bits per heavy atom. The molecule has 22 heavy (non-hydrogen) atoms. The number of amides is 1. The summed E-state index contributed by atoms with van der Waals surface area (Å²) in [4.78, 5) is 14.5. The molecule has 2 aliphatic heterocycles. The minimum Gasteiger partial charge on any atom is -0.471 e. The molecule has 0 bridgehead atoms. The second-order valence-corrected chi connectivity index (χ2v) is 6.07. The van der Waals surface area contributed by atoms with E-state index in [2.05, 4.69) is 10.2 Å². The fraction of sp³-hybridized carbons (Fsp3) is 0.688. The third-order valence-corrected chi connectivity index (χ3v) is 4.32. The van der Waals surface area contributed by atoms with E-state index < -0.39 is 0 Å². The van der Waals surface area contributed by atoms with Gasteiger partial charge in [0.25, 0.3) is 0 Å². The quantitative estimate of drug-likeness (QED) is 0.848. The van der Waals surface area contributed by atoms with Crippen molar-refractivity contribution in [2.75, 3.05) is 26.3 Å². The molecule has 0 aromatic carbocycles. The van der Waals surface area contributed by atoms with Crippen LogP contribution in [0.2, 0.25) is 0 Å². The van der Waals surface area contributed by atoms with Crippen molar-refractivity contribution in [2.45, 2.75) is 38.7 Å². The first-order valence-electron chi connectivity index (χ1n) is 8.06. The number of likely N-dealkylation sites (tertiary alicyclic amines) is 1. The zero-order valence-electron chi connectivity index (χ0n) is 13.0. The summed E-state index contributed by atoms with van der Waals surface area (Å²) in [6.07, 6.45) is 3.61. The molecule has 6 nitrogen and oxygen atoms in total. The molecule has 2 fully saturated rings. The van der Waals surface area contributed by atoms with Crippen molar-refractivity contribution in [1.29, 1.82) is 0 Å². The molecule has 120 valence electrons. The van der Waals surface area contributed by atoms with Crippen molar-refractivity contribution in [3.63, 3.8) is 0 Å². The summed E-state index contributed by atoms with van der Waals surface area (Å²) >= 11 is 0. The van der Waals surface area contributed by atoms with Crippen molar-refractivity contribution in [3.8, 4) is 5.88 Å². The molecule has 6 heteroatoms. The number of carbonyl (C=O) groups is 1. The molecule has 3 heterocycles. The van der Waals surface area contributed by atoms with E-state index in [4.69, 9.17) is 9.47 Å². The molecule has 0 saturated carbocycles. The molecule has 2 saturated heterocycles. The Balaban J connectivity index is 1.56. The van der Waals surface area contributed by atoms with Gasteiger partial charge in [-0.15, -0.1) is 5.10 Å². The molecule has 0 radical (unpaired) electrons. The van der Waals surface area contributed by atoms with Crippen molar-refractivity contribution in [2.24, 2.45) is 5.92 Å². The van der Waals surface area contributed by atoms with Gasteiger partial charge >= 0.3 is 0 Å². The van der Waals surface area contributed by atoms with E-state index in [1.807, 2.05) is 24.0 Å². The van der Waals surface area contributed by atoms with Gasteiger partial charge in [0.15, 0.2) is 0 Å². The number of nitrogens with zero attached hydrogens (tertiary/aromatic N) is 3. The third-order valence-electron chi connectivity index (χ3n) is 4.32. The Kier molecular flexibility index (Phi) is 4.87. The van der Waals surface area contributed by atoms with Crippen molar-refractivity contribution < 1.29 is 14.3 Å². The summed E-state index contributed by atoms with van der Waals surface area (Å²) in [6.45, 7) is 4.76. The first kappa shape index (κ1) is 15.2. The van der Waals surface area contributed by atoms with Crippen LogP contribution in [-0.4, -0.2) is 53.4 Å². The average Bonchev–Trinajstić information content (AvgIpc) is 2.57. The van der Waals surface area contributed by atoms with Gasteiger partial charge in [-0.25, -0.2) is 0 Å². The summed E-state index contributed by atoms with van der Waals surface area (Å²) in [6, 6.07) is 3.72. The smallest absolute Gasteiger partial charge is 0.233 e. The first-order valence-corrected chi connectivity index (χ1v) is 8.06. The van der Waals surface area contributed by atoms with E-state index >= 15 is 0 Å². The number of rotatable bonds is 3. The lowest BCUT2D eigenvalue weighted by atomic mass is 9.97. The van der Waals surface area contributed by atoms with Gasteiger partial charge in [0, 0.05) is 31.7 Å². The summed E-state index contributed by atoms with van der Waals surface area (Å²) < 4.78 is 11.2. The number of ether oxygens (including phenoxy) is 2.